The summed E-state index contributed by atoms with van der Waals surface area (Å²) in [4.78, 5) is 27.7. The molecule has 0 atom stereocenters. The van der Waals surface area contributed by atoms with Crippen molar-refractivity contribution in [3.8, 4) is 16.9 Å². The Bertz CT molecular complexity index is 1140. The monoisotopic (exact) mass is 488 g/mol. The zero-order valence-electron chi connectivity index (χ0n) is 22.2. The summed E-state index contributed by atoms with van der Waals surface area (Å²) in [6.45, 7) is 8.93. The number of rotatable bonds is 13. The van der Waals surface area contributed by atoms with E-state index in [1.54, 1.807) is 9.58 Å². The van der Waals surface area contributed by atoms with Crippen LogP contribution in [0.1, 0.15) is 69.9 Å². The van der Waals surface area contributed by atoms with E-state index in [0.717, 1.165) is 48.2 Å². The van der Waals surface area contributed by atoms with Crippen LogP contribution in [0.15, 0.2) is 54.6 Å². The van der Waals surface area contributed by atoms with Crippen LogP contribution in [0.2, 0.25) is 0 Å². The van der Waals surface area contributed by atoms with Gasteiger partial charge in [-0.25, -0.2) is 4.68 Å². The van der Waals surface area contributed by atoms with E-state index in [9.17, 15) is 9.59 Å². The summed E-state index contributed by atoms with van der Waals surface area (Å²) in [7, 11) is 0. The average Bonchev–Trinajstić information content (AvgIpc) is 3.27. The first kappa shape index (κ1) is 27.2. The molecule has 0 unspecified atom stereocenters. The molecule has 0 aliphatic heterocycles. The van der Waals surface area contributed by atoms with Gasteiger partial charge in [-0.3, -0.25) is 9.59 Å². The normalized spacial score (nSPS) is 10.9. The van der Waals surface area contributed by atoms with Crippen molar-refractivity contribution in [3.63, 3.8) is 0 Å². The standard InChI is InChI=1S/C30H40N4O2/c1-5-7-8-9-13-16-30(36)33(19-6-2)22-29(35)31-28-21-26(25-14-11-10-12-15-25)32-34(28)27-18-17-23(3)20-24(27)4/h10-12,14-15,17-18,20-21H,5-9,13,16,19,22H2,1-4H3,(H,31,35). The number of hydrogen-bond acceptors (Lipinski definition) is 3. The van der Waals surface area contributed by atoms with Gasteiger partial charge in [0.25, 0.3) is 0 Å². The van der Waals surface area contributed by atoms with Crippen LogP contribution < -0.4 is 5.32 Å². The van der Waals surface area contributed by atoms with Crippen LogP contribution in [0.4, 0.5) is 5.82 Å². The Labute approximate surface area is 215 Å². The molecule has 0 spiro atoms. The van der Waals surface area contributed by atoms with Crippen LogP contribution in [0.3, 0.4) is 0 Å². The molecule has 3 aromatic rings. The second kappa shape index (κ2) is 13.6. The Hall–Kier alpha value is -3.41. The number of carbonyl (C=O) groups is 2. The van der Waals surface area contributed by atoms with Crippen molar-refractivity contribution >= 4 is 17.6 Å². The maximum Gasteiger partial charge on any atom is 0.245 e. The number of benzene rings is 2. The summed E-state index contributed by atoms with van der Waals surface area (Å²) in [5.74, 6) is 0.430. The molecule has 36 heavy (non-hydrogen) atoms. The van der Waals surface area contributed by atoms with Crippen molar-refractivity contribution in [1.29, 1.82) is 0 Å². The predicted molar refractivity (Wildman–Crippen MR) is 147 cm³/mol. The zero-order chi connectivity index (χ0) is 25.9. The quantitative estimate of drug-likeness (QED) is 0.272. The van der Waals surface area contributed by atoms with Gasteiger partial charge in [0.2, 0.25) is 11.8 Å². The number of unbranched alkanes of at least 4 members (excludes halogenated alkanes) is 4. The number of hydrogen-bond donors (Lipinski definition) is 1. The minimum atomic E-state index is -0.215. The second-order valence-electron chi connectivity index (χ2n) is 9.51. The van der Waals surface area contributed by atoms with Crippen molar-refractivity contribution in [2.24, 2.45) is 0 Å². The largest absolute Gasteiger partial charge is 0.333 e. The van der Waals surface area contributed by atoms with E-state index in [-0.39, 0.29) is 18.4 Å². The molecule has 0 saturated heterocycles. The molecule has 0 radical (unpaired) electrons. The van der Waals surface area contributed by atoms with Gasteiger partial charge in [-0.15, -0.1) is 0 Å². The molecule has 2 aromatic carbocycles. The van der Waals surface area contributed by atoms with Crippen LogP contribution in [-0.4, -0.2) is 39.6 Å². The molecule has 0 aliphatic carbocycles. The molecular weight excluding hydrogens is 448 g/mol. The molecule has 1 heterocycles. The Kier molecular flexibility index (Phi) is 10.3. The van der Waals surface area contributed by atoms with Crippen molar-refractivity contribution in [3.05, 3.63) is 65.7 Å². The van der Waals surface area contributed by atoms with Gasteiger partial charge in [-0.05, 0) is 38.3 Å². The molecule has 0 fully saturated rings. The minimum Gasteiger partial charge on any atom is -0.333 e. The molecule has 0 bridgehead atoms. The van der Waals surface area contributed by atoms with E-state index in [1.165, 1.54) is 18.4 Å². The van der Waals surface area contributed by atoms with E-state index in [0.29, 0.717) is 18.8 Å². The maximum absolute atomic E-state index is 13.1. The maximum atomic E-state index is 13.1. The number of aromatic nitrogens is 2. The number of anilines is 1. The van der Waals surface area contributed by atoms with E-state index >= 15 is 0 Å². The highest BCUT2D eigenvalue weighted by Crippen LogP contribution is 2.26. The molecule has 6 nitrogen and oxygen atoms in total. The third-order valence-electron chi connectivity index (χ3n) is 6.30. The Morgan fingerprint density at radius 2 is 1.67 bits per heavy atom. The lowest BCUT2D eigenvalue weighted by Crippen LogP contribution is -2.38. The number of aryl methyl sites for hydroxylation is 2. The fourth-order valence-electron chi connectivity index (χ4n) is 4.40. The van der Waals surface area contributed by atoms with Crippen LogP contribution in [-0.2, 0) is 9.59 Å². The Balaban J connectivity index is 1.78. The van der Waals surface area contributed by atoms with E-state index < -0.39 is 0 Å². The van der Waals surface area contributed by atoms with Crippen LogP contribution in [0.25, 0.3) is 16.9 Å². The zero-order valence-corrected chi connectivity index (χ0v) is 22.2. The van der Waals surface area contributed by atoms with Gasteiger partial charge in [-0.1, -0.05) is 87.6 Å². The highest BCUT2D eigenvalue weighted by atomic mass is 16.2. The van der Waals surface area contributed by atoms with Gasteiger partial charge < -0.3 is 10.2 Å². The minimum absolute atomic E-state index is 0.0420. The van der Waals surface area contributed by atoms with Crippen molar-refractivity contribution in [2.45, 2.75) is 72.6 Å². The first-order valence-electron chi connectivity index (χ1n) is 13.2. The van der Waals surface area contributed by atoms with E-state index in [2.05, 4.69) is 25.2 Å². The molecular formula is C30H40N4O2. The lowest BCUT2D eigenvalue weighted by atomic mass is 10.1. The van der Waals surface area contributed by atoms with Gasteiger partial charge in [0.05, 0.1) is 17.9 Å². The molecule has 3 rings (SSSR count). The van der Waals surface area contributed by atoms with Crippen LogP contribution in [0, 0.1) is 13.8 Å². The summed E-state index contributed by atoms with van der Waals surface area (Å²) in [6.07, 6.45) is 6.78. The number of nitrogens with one attached hydrogen (secondary N) is 1. The number of amides is 2. The third kappa shape index (κ3) is 7.54. The van der Waals surface area contributed by atoms with Crippen molar-refractivity contribution in [1.82, 2.24) is 14.7 Å². The summed E-state index contributed by atoms with van der Waals surface area (Å²) >= 11 is 0. The lowest BCUT2D eigenvalue weighted by Gasteiger charge is -2.22. The summed E-state index contributed by atoms with van der Waals surface area (Å²) in [6, 6.07) is 18.0. The Morgan fingerprint density at radius 1 is 0.917 bits per heavy atom. The van der Waals surface area contributed by atoms with Gasteiger partial charge in [0.1, 0.15) is 5.82 Å². The topological polar surface area (TPSA) is 67.2 Å². The van der Waals surface area contributed by atoms with Gasteiger partial charge in [-0.2, -0.15) is 5.10 Å². The summed E-state index contributed by atoms with van der Waals surface area (Å²) in [5, 5.41) is 7.87. The smallest absolute Gasteiger partial charge is 0.245 e. The molecule has 2 amide bonds. The van der Waals surface area contributed by atoms with E-state index in [1.807, 2.05) is 62.4 Å². The third-order valence-corrected chi connectivity index (χ3v) is 6.30. The average molecular weight is 489 g/mol. The first-order valence-corrected chi connectivity index (χ1v) is 13.2. The summed E-state index contributed by atoms with van der Waals surface area (Å²) in [5.41, 5.74) is 4.90. The molecule has 1 aromatic heterocycles. The fraction of sp³-hybridized carbons (Fsp3) is 0.433. The number of nitrogens with zero attached hydrogens (tertiary/aromatic N) is 3. The van der Waals surface area contributed by atoms with Crippen molar-refractivity contribution < 1.29 is 9.59 Å². The molecule has 1 N–H and O–H groups in total. The highest BCUT2D eigenvalue weighted by molar-refractivity contribution is 5.94. The predicted octanol–water partition coefficient (Wildman–Crippen LogP) is 6.69. The lowest BCUT2D eigenvalue weighted by molar-refractivity contribution is -0.134. The molecule has 0 aliphatic rings. The fourth-order valence-corrected chi connectivity index (χ4v) is 4.40. The summed E-state index contributed by atoms with van der Waals surface area (Å²) < 4.78 is 1.79. The van der Waals surface area contributed by atoms with Crippen molar-refractivity contribution in [2.75, 3.05) is 18.4 Å². The van der Waals surface area contributed by atoms with E-state index in [4.69, 9.17) is 5.10 Å². The Morgan fingerprint density at radius 3 is 2.36 bits per heavy atom. The highest BCUT2D eigenvalue weighted by Gasteiger charge is 2.19. The molecule has 6 heteroatoms. The SMILES string of the molecule is CCCCCCCC(=O)N(CCC)CC(=O)Nc1cc(-c2ccccc2)nn1-c1ccc(C)cc1C. The molecule has 192 valence electrons. The van der Waals surface area contributed by atoms with Gasteiger partial charge in [0, 0.05) is 24.6 Å². The van der Waals surface area contributed by atoms with Gasteiger partial charge >= 0.3 is 0 Å². The van der Waals surface area contributed by atoms with Crippen LogP contribution in [0.5, 0.6) is 0 Å². The van der Waals surface area contributed by atoms with Crippen LogP contribution >= 0.6 is 0 Å². The first-order chi connectivity index (χ1) is 17.4. The number of carbonyl (C=O) groups excluding carboxylic acids is 2. The molecule has 0 saturated carbocycles. The van der Waals surface area contributed by atoms with Gasteiger partial charge in [0.15, 0.2) is 0 Å². The second-order valence-corrected chi connectivity index (χ2v) is 9.51.